The van der Waals surface area contributed by atoms with E-state index in [1.165, 1.54) is 112 Å². The zero-order valence-electron chi connectivity index (χ0n) is 39.5. The summed E-state index contributed by atoms with van der Waals surface area (Å²) in [7, 11) is 8.03. The van der Waals surface area contributed by atoms with Crippen molar-refractivity contribution < 1.29 is 20.8 Å². The third-order valence-corrected chi connectivity index (χ3v) is 21.7. The van der Waals surface area contributed by atoms with Crippen molar-refractivity contribution in [3.63, 3.8) is 0 Å². The molecule has 6 aliphatic rings. The van der Waals surface area contributed by atoms with Crippen LogP contribution in [0.2, 0.25) is 24.2 Å². The predicted octanol–water partition coefficient (Wildman–Crippen LogP) is 18.1. The Morgan fingerprint density at radius 3 is 1.20 bits per heavy atom. The standard InChI is InChI=1S/C54H76Si.2CH3.2ClH.Zr/c1-53(2,3)43-29-25-39(26-30-43)45-21-15-23-47-49(45)35-41(33-37-17-11-9-12-18-37)51(47)55(7,8)52-42(34-38-19-13-10-14-20-38)36-50-46(22-16-24-48(50)52)40-27-31-44(32-28-40)54(4,5)6;;;;;/h15-16,21-32,37-38,41-42,47-52H,9-14,17-20,33-36H2,1-8H3;2*1H3;2*1H;/q;2*-1;;;+4/p-2. The van der Waals surface area contributed by atoms with Crippen LogP contribution in [0.1, 0.15) is 154 Å². The molecular formula is C56H82Cl2SiZr. The van der Waals surface area contributed by atoms with Crippen molar-refractivity contribution in [1.82, 2.24) is 0 Å². The summed E-state index contributed by atoms with van der Waals surface area (Å²) in [4.78, 5) is 0. The Balaban J connectivity index is 0.00000133. The number of allylic oxidation sites excluding steroid dienone is 8. The third kappa shape index (κ3) is 11.1. The molecular weight excluding hydrogens is 863 g/mol. The summed E-state index contributed by atoms with van der Waals surface area (Å²) >= 11 is -0.826. The molecule has 8 rings (SSSR count). The number of rotatable bonds is 8. The first-order valence-corrected chi connectivity index (χ1v) is 33.1. The number of benzene rings is 2. The predicted molar refractivity (Wildman–Crippen MR) is 267 cm³/mol. The Morgan fingerprint density at radius 2 is 0.883 bits per heavy atom. The van der Waals surface area contributed by atoms with Gasteiger partial charge >= 0.3 is 37.9 Å². The molecule has 0 N–H and O–H groups in total. The van der Waals surface area contributed by atoms with Crippen molar-refractivity contribution >= 4 is 36.2 Å². The van der Waals surface area contributed by atoms with Gasteiger partial charge in [-0.15, -0.1) is 0 Å². The summed E-state index contributed by atoms with van der Waals surface area (Å²) in [6, 6.07) is 19.6. The minimum absolute atomic E-state index is 0. The molecule has 0 heterocycles. The molecule has 2 aromatic rings. The molecule has 4 heteroatoms. The van der Waals surface area contributed by atoms with Crippen LogP contribution in [0.15, 0.2) is 85.0 Å². The van der Waals surface area contributed by atoms with Gasteiger partial charge in [-0.3, -0.25) is 0 Å². The van der Waals surface area contributed by atoms with E-state index in [-0.39, 0.29) is 25.7 Å². The Kier molecular flexibility index (Phi) is 17.8. The van der Waals surface area contributed by atoms with Gasteiger partial charge < -0.3 is 14.9 Å². The molecule has 0 aliphatic heterocycles. The molecule has 0 amide bonds. The van der Waals surface area contributed by atoms with E-state index < -0.39 is 28.9 Å². The van der Waals surface area contributed by atoms with E-state index in [1.807, 2.05) is 0 Å². The van der Waals surface area contributed by atoms with Gasteiger partial charge in [0.1, 0.15) is 0 Å². The first-order chi connectivity index (χ1) is 27.7. The Morgan fingerprint density at radius 1 is 0.550 bits per heavy atom. The van der Waals surface area contributed by atoms with Gasteiger partial charge in [0.05, 0.1) is 8.07 Å². The van der Waals surface area contributed by atoms with Gasteiger partial charge in [-0.05, 0) is 128 Å². The fraction of sp³-hybridized carbons (Fsp3) is 0.607. The van der Waals surface area contributed by atoms with E-state index in [0.29, 0.717) is 23.7 Å². The van der Waals surface area contributed by atoms with Gasteiger partial charge in [-0.2, -0.15) is 0 Å². The van der Waals surface area contributed by atoms with Crippen molar-refractivity contribution in [2.75, 3.05) is 0 Å². The van der Waals surface area contributed by atoms with Crippen molar-refractivity contribution in [3.8, 4) is 0 Å². The molecule has 8 unspecified atom stereocenters. The van der Waals surface area contributed by atoms with Crippen LogP contribution >= 0.6 is 17.0 Å². The zero-order valence-corrected chi connectivity index (χ0v) is 44.5. The Bertz CT molecular complexity index is 1640. The fourth-order valence-corrected chi connectivity index (χ4v) is 20.0. The number of hydrogen-bond donors (Lipinski definition) is 0. The first-order valence-electron chi connectivity index (χ1n) is 23.7. The van der Waals surface area contributed by atoms with Crippen LogP contribution in [0.5, 0.6) is 0 Å². The summed E-state index contributed by atoms with van der Waals surface area (Å²) < 4.78 is 0. The molecule has 0 aromatic heterocycles. The zero-order chi connectivity index (χ0) is 41.2. The van der Waals surface area contributed by atoms with Gasteiger partial charge in [0.15, 0.2) is 0 Å². The molecule has 60 heavy (non-hydrogen) atoms. The van der Waals surface area contributed by atoms with E-state index in [9.17, 15) is 0 Å². The maximum absolute atomic E-state index is 4.93. The second kappa shape index (κ2) is 21.4. The van der Waals surface area contributed by atoms with Crippen molar-refractivity contribution in [3.05, 3.63) is 122 Å². The molecule has 4 fully saturated rings. The molecule has 328 valence electrons. The third-order valence-electron chi connectivity index (χ3n) is 16.5. The number of halogens is 2. The van der Waals surface area contributed by atoms with Gasteiger partial charge in [-0.1, -0.05) is 204 Å². The molecule has 8 atom stereocenters. The molecule has 0 saturated heterocycles. The van der Waals surface area contributed by atoms with E-state index in [0.717, 1.165) is 34.8 Å². The molecule has 0 bridgehead atoms. The van der Waals surface area contributed by atoms with Crippen LogP contribution in [0.4, 0.5) is 0 Å². The average Bonchev–Trinajstić information content (AvgIpc) is 3.77. The summed E-state index contributed by atoms with van der Waals surface area (Å²) in [6.07, 6.45) is 36.1. The van der Waals surface area contributed by atoms with Crippen LogP contribution in [0, 0.1) is 62.2 Å². The Labute approximate surface area is 390 Å². The van der Waals surface area contributed by atoms with Crippen LogP contribution in [0.3, 0.4) is 0 Å². The average molecular weight is 945 g/mol. The second-order valence-electron chi connectivity index (χ2n) is 22.5. The summed E-state index contributed by atoms with van der Waals surface area (Å²) in [5.41, 5.74) is 11.3. The fourth-order valence-electron chi connectivity index (χ4n) is 14.0. The van der Waals surface area contributed by atoms with E-state index in [4.69, 9.17) is 17.0 Å². The van der Waals surface area contributed by atoms with Gasteiger partial charge in [0, 0.05) is 0 Å². The first kappa shape index (κ1) is 50.1. The Hall–Kier alpha value is -0.920. The molecule has 4 saturated carbocycles. The van der Waals surface area contributed by atoms with Gasteiger partial charge in [0.2, 0.25) is 0 Å². The minimum atomic E-state index is -1.83. The van der Waals surface area contributed by atoms with Gasteiger partial charge in [0.25, 0.3) is 0 Å². The van der Waals surface area contributed by atoms with Crippen molar-refractivity contribution in [2.45, 2.75) is 166 Å². The maximum atomic E-state index is 4.93. The normalized spacial score (nSPS) is 29.4. The van der Waals surface area contributed by atoms with Crippen LogP contribution in [-0.2, 0) is 31.7 Å². The van der Waals surface area contributed by atoms with Crippen LogP contribution < -0.4 is 0 Å². The van der Waals surface area contributed by atoms with Crippen molar-refractivity contribution in [2.24, 2.45) is 47.3 Å². The van der Waals surface area contributed by atoms with E-state index >= 15 is 0 Å². The molecule has 6 aliphatic carbocycles. The quantitative estimate of drug-likeness (QED) is 0.183. The van der Waals surface area contributed by atoms with E-state index in [2.05, 4.69) is 140 Å². The monoisotopic (exact) mass is 942 g/mol. The summed E-state index contributed by atoms with van der Waals surface area (Å²) in [6.45, 7) is 20.0. The number of fused-ring (bicyclic) bond motifs is 2. The molecule has 0 spiro atoms. The van der Waals surface area contributed by atoms with Crippen molar-refractivity contribution in [1.29, 1.82) is 0 Å². The number of hydrogen-bond acceptors (Lipinski definition) is 0. The van der Waals surface area contributed by atoms with Gasteiger partial charge in [-0.25, -0.2) is 0 Å². The van der Waals surface area contributed by atoms with Crippen LogP contribution in [0.25, 0.3) is 11.1 Å². The topological polar surface area (TPSA) is 0 Å². The van der Waals surface area contributed by atoms with Crippen LogP contribution in [-0.4, -0.2) is 8.07 Å². The molecule has 0 nitrogen and oxygen atoms in total. The summed E-state index contributed by atoms with van der Waals surface area (Å²) in [5.74, 6) is 6.35. The second-order valence-corrected chi connectivity index (χ2v) is 31.2. The van der Waals surface area contributed by atoms with E-state index in [1.54, 1.807) is 11.1 Å². The summed E-state index contributed by atoms with van der Waals surface area (Å²) in [5, 5.41) is 0. The molecule has 2 aromatic carbocycles. The molecule has 0 radical (unpaired) electrons. The SMILES string of the molecule is CC(C)(C)c1ccc(C2=CC=CC3C2CC(CC2CCCCC2)C3[Si](C)(C)C2C(CC3CCCCC3)CC3C(c4ccc(C(C)(C)C)cc4)=CC=CC32)cc1.[CH3-].[CH3-].[Cl][Zr+2][Cl].